The molecule has 0 unspecified atom stereocenters. The van der Waals surface area contributed by atoms with Crippen molar-refractivity contribution >= 4 is 29.1 Å². The summed E-state index contributed by atoms with van der Waals surface area (Å²) in [6.07, 6.45) is 1.61. The van der Waals surface area contributed by atoms with Gasteiger partial charge in [-0.3, -0.25) is 0 Å². The van der Waals surface area contributed by atoms with E-state index < -0.39 is 0 Å². The Balaban J connectivity index is 2.36. The van der Waals surface area contributed by atoms with Crippen molar-refractivity contribution in [3.8, 4) is 0 Å². The van der Waals surface area contributed by atoms with Gasteiger partial charge in [-0.15, -0.1) is 0 Å². The molecule has 2 aromatic rings. The standard InChI is InChI=1S/C16H21ClN4/c1-5-18-15-19-10-12(17)14(21-15)20-13-9-7-6-8-11(13)16(2,3)4/h6-10H,5H2,1-4H3,(H2,18,19,20,21). The van der Waals surface area contributed by atoms with E-state index in [1.54, 1.807) is 6.20 Å². The molecule has 2 rings (SSSR count). The Morgan fingerprint density at radius 3 is 2.57 bits per heavy atom. The summed E-state index contributed by atoms with van der Waals surface area (Å²) < 4.78 is 0. The number of anilines is 3. The average Bonchev–Trinajstić information content (AvgIpc) is 2.42. The second kappa shape index (κ2) is 6.31. The van der Waals surface area contributed by atoms with Crippen LogP contribution in [-0.4, -0.2) is 16.5 Å². The van der Waals surface area contributed by atoms with Crippen LogP contribution in [-0.2, 0) is 5.41 Å². The molecule has 0 spiro atoms. The van der Waals surface area contributed by atoms with Crippen molar-refractivity contribution in [2.45, 2.75) is 33.1 Å². The van der Waals surface area contributed by atoms with E-state index in [1.165, 1.54) is 5.56 Å². The Kier molecular flexibility index (Phi) is 4.68. The lowest BCUT2D eigenvalue weighted by atomic mass is 9.86. The van der Waals surface area contributed by atoms with Crippen molar-refractivity contribution in [2.24, 2.45) is 0 Å². The highest BCUT2D eigenvalue weighted by Crippen LogP contribution is 2.32. The number of rotatable bonds is 4. The van der Waals surface area contributed by atoms with E-state index in [-0.39, 0.29) is 5.41 Å². The highest BCUT2D eigenvalue weighted by atomic mass is 35.5. The zero-order valence-electron chi connectivity index (χ0n) is 12.9. The molecular weight excluding hydrogens is 284 g/mol. The van der Waals surface area contributed by atoms with E-state index in [2.05, 4.69) is 47.4 Å². The smallest absolute Gasteiger partial charge is 0.224 e. The van der Waals surface area contributed by atoms with Gasteiger partial charge in [-0.05, 0) is 24.0 Å². The second-order valence-corrected chi connectivity index (χ2v) is 6.25. The van der Waals surface area contributed by atoms with Crippen LogP contribution in [0.1, 0.15) is 33.3 Å². The number of benzene rings is 1. The van der Waals surface area contributed by atoms with Crippen LogP contribution in [0.3, 0.4) is 0 Å². The first kappa shape index (κ1) is 15.6. The maximum absolute atomic E-state index is 6.20. The molecule has 5 heteroatoms. The summed E-state index contributed by atoms with van der Waals surface area (Å²) in [7, 11) is 0. The Hall–Kier alpha value is -1.81. The summed E-state index contributed by atoms with van der Waals surface area (Å²) in [5.74, 6) is 1.18. The third-order valence-corrected chi connectivity index (χ3v) is 3.34. The monoisotopic (exact) mass is 304 g/mol. The minimum absolute atomic E-state index is 0.0353. The van der Waals surface area contributed by atoms with Crippen LogP contribution in [0, 0.1) is 0 Å². The highest BCUT2D eigenvalue weighted by molar-refractivity contribution is 6.32. The quantitative estimate of drug-likeness (QED) is 0.866. The van der Waals surface area contributed by atoms with Crippen LogP contribution in [0.25, 0.3) is 0 Å². The molecule has 112 valence electrons. The van der Waals surface area contributed by atoms with E-state index >= 15 is 0 Å². The molecule has 1 aromatic heterocycles. The third kappa shape index (κ3) is 3.85. The molecule has 0 aliphatic carbocycles. The van der Waals surface area contributed by atoms with Gasteiger partial charge < -0.3 is 10.6 Å². The van der Waals surface area contributed by atoms with E-state index in [1.807, 2.05) is 25.1 Å². The fraction of sp³-hybridized carbons (Fsp3) is 0.375. The Labute approximate surface area is 131 Å². The van der Waals surface area contributed by atoms with Crippen molar-refractivity contribution in [1.29, 1.82) is 0 Å². The molecule has 2 N–H and O–H groups in total. The first-order chi connectivity index (χ1) is 9.91. The fourth-order valence-electron chi connectivity index (χ4n) is 2.07. The average molecular weight is 305 g/mol. The van der Waals surface area contributed by atoms with Crippen LogP contribution in [0.2, 0.25) is 5.02 Å². The highest BCUT2D eigenvalue weighted by Gasteiger charge is 2.18. The lowest BCUT2D eigenvalue weighted by Crippen LogP contribution is -2.14. The van der Waals surface area contributed by atoms with Gasteiger partial charge in [-0.25, -0.2) is 4.98 Å². The molecule has 0 fully saturated rings. The summed E-state index contributed by atoms with van der Waals surface area (Å²) >= 11 is 6.20. The molecule has 1 aromatic carbocycles. The Bertz CT molecular complexity index is 620. The van der Waals surface area contributed by atoms with Crippen LogP contribution < -0.4 is 10.6 Å². The Morgan fingerprint density at radius 2 is 1.90 bits per heavy atom. The summed E-state index contributed by atoms with van der Waals surface area (Å²) in [6.45, 7) is 9.30. The van der Waals surface area contributed by atoms with Crippen molar-refractivity contribution in [1.82, 2.24) is 9.97 Å². The van der Waals surface area contributed by atoms with E-state index in [9.17, 15) is 0 Å². The zero-order chi connectivity index (χ0) is 15.5. The van der Waals surface area contributed by atoms with Gasteiger partial charge >= 0.3 is 0 Å². The van der Waals surface area contributed by atoms with Gasteiger partial charge in [0.15, 0.2) is 5.82 Å². The first-order valence-electron chi connectivity index (χ1n) is 7.04. The number of nitrogens with zero attached hydrogens (tertiary/aromatic N) is 2. The molecular formula is C16H21ClN4. The molecule has 4 nitrogen and oxygen atoms in total. The van der Waals surface area contributed by atoms with Crippen molar-refractivity contribution in [3.63, 3.8) is 0 Å². The minimum atomic E-state index is 0.0353. The SMILES string of the molecule is CCNc1ncc(Cl)c(Nc2ccccc2C(C)(C)C)n1. The van der Waals surface area contributed by atoms with E-state index in [0.29, 0.717) is 16.8 Å². The molecule has 0 saturated heterocycles. The molecule has 0 aliphatic heterocycles. The number of hydrogen-bond donors (Lipinski definition) is 2. The van der Waals surface area contributed by atoms with Crippen molar-refractivity contribution in [2.75, 3.05) is 17.2 Å². The van der Waals surface area contributed by atoms with Gasteiger partial charge in [0.2, 0.25) is 5.95 Å². The van der Waals surface area contributed by atoms with Gasteiger partial charge in [-0.1, -0.05) is 50.6 Å². The molecule has 0 saturated carbocycles. The van der Waals surface area contributed by atoms with Crippen LogP contribution in [0.4, 0.5) is 17.5 Å². The molecule has 1 heterocycles. The number of aromatic nitrogens is 2. The Morgan fingerprint density at radius 1 is 1.19 bits per heavy atom. The predicted molar refractivity (Wildman–Crippen MR) is 89.6 cm³/mol. The molecule has 0 amide bonds. The lowest BCUT2D eigenvalue weighted by Gasteiger charge is -2.23. The maximum atomic E-state index is 6.20. The molecule has 21 heavy (non-hydrogen) atoms. The first-order valence-corrected chi connectivity index (χ1v) is 7.42. The maximum Gasteiger partial charge on any atom is 0.224 e. The van der Waals surface area contributed by atoms with E-state index in [0.717, 1.165) is 12.2 Å². The fourth-order valence-corrected chi connectivity index (χ4v) is 2.21. The van der Waals surface area contributed by atoms with Gasteiger partial charge in [0.1, 0.15) is 5.02 Å². The molecule has 0 atom stereocenters. The van der Waals surface area contributed by atoms with Crippen LogP contribution in [0.15, 0.2) is 30.5 Å². The predicted octanol–water partition coefficient (Wildman–Crippen LogP) is 4.60. The number of para-hydroxylation sites is 1. The lowest BCUT2D eigenvalue weighted by molar-refractivity contribution is 0.592. The summed E-state index contributed by atoms with van der Waals surface area (Å²) in [5.41, 5.74) is 2.26. The van der Waals surface area contributed by atoms with Gasteiger partial charge in [0.05, 0.1) is 6.20 Å². The number of halogens is 1. The van der Waals surface area contributed by atoms with Crippen molar-refractivity contribution in [3.05, 3.63) is 41.0 Å². The van der Waals surface area contributed by atoms with Gasteiger partial charge in [-0.2, -0.15) is 4.98 Å². The van der Waals surface area contributed by atoms with Gasteiger partial charge in [0.25, 0.3) is 0 Å². The topological polar surface area (TPSA) is 49.8 Å². The molecule has 0 aliphatic rings. The van der Waals surface area contributed by atoms with Crippen LogP contribution in [0.5, 0.6) is 0 Å². The van der Waals surface area contributed by atoms with E-state index in [4.69, 9.17) is 11.6 Å². The number of hydrogen-bond acceptors (Lipinski definition) is 4. The van der Waals surface area contributed by atoms with Crippen LogP contribution >= 0.6 is 11.6 Å². The molecule has 0 radical (unpaired) electrons. The third-order valence-electron chi connectivity index (χ3n) is 3.07. The van der Waals surface area contributed by atoms with Gasteiger partial charge in [0, 0.05) is 12.2 Å². The largest absolute Gasteiger partial charge is 0.354 e. The summed E-state index contributed by atoms with van der Waals surface area (Å²) in [6, 6.07) is 8.18. The second-order valence-electron chi connectivity index (χ2n) is 5.84. The zero-order valence-corrected chi connectivity index (χ0v) is 13.6. The summed E-state index contributed by atoms with van der Waals surface area (Å²) in [5, 5.41) is 6.91. The summed E-state index contributed by atoms with van der Waals surface area (Å²) in [4.78, 5) is 8.56. The number of nitrogens with one attached hydrogen (secondary N) is 2. The molecule has 0 bridgehead atoms. The normalized spacial score (nSPS) is 11.3. The van der Waals surface area contributed by atoms with Crippen molar-refractivity contribution < 1.29 is 0 Å². The minimum Gasteiger partial charge on any atom is -0.354 e.